The molecule has 1 aromatic rings. The second-order valence-electron chi connectivity index (χ2n) is 9.03. The van der Waals surface area contributed by atoms with Crippen LogP contribution in [0.4, 0.5) is 8.78 Å². The molecule has 1 aromatic carbocycles. The summed E-state index contributed by atoms with van der Waals surface area (Å²) in [7, 11) is -3.73. The van der Waals surface area contributed by atoms with Gasteiger partial charge in [-0.25, -0.2) is 8.78 Å². The molecule has 12 heteroatoms. The quantitative estimate of drug-likeness (QED) is 0.632. The van der Waals surface area contributed by atoms with Crippen molar-refractivity contribution in [3.8, 4) is 6.07 Å². The fraction of sp³-hybridized carbons (Fsp3) is 0.591. The van der Waals surface area contributed by atoms with E-state index in [9.17, 15) is 26.8 Å². The Hall–Kier alpha value is -2.62. The van der Waals surface area contributed by atoms with E-state index in [0.29, 0.717) is 38.8 Å². The molecule has 2 amide bonds. The van der Waals surface area contributed by atoms with Gasteiger partial charge in [0.1, 0.15) is 17.7 Å². The van der Waals surface area contributed by atoms with Crippen LogP contribution in [0.15, 0.2) is 18.2 Å². The lowest BCUT2D eigenvalue weighted by molar-refractivity contribution is -0.142. The van der Waals surface area contributed by atoms with Crippen LogP contribution in [-0.2, 0) is 26.3 Å². The van der Waals surface area contributed by atoms with Crippen molar-refractivity contribution in [2.24, 2.45) is 11.8 Å². The number of carbonyl (C=O) groups excluding carboxylic acids is 2. The molecule has 3 fully saturated rings. The number of nitrogens with one attached hydrogen (secondary N) is 1. The van der Waals surface area contributed by atoms with E-state index in [4.69, 9.17) is 5.26 Å². The molecular formula is C22H27F2N5O4S. The van der Waals surface area contributed by atoms with E-state index in [-0.39, 0.29) is 43.6 Å². The highest BCUT2D eigenvalue weighted by molar-refractivity contribution is 7.86. The average molecular weight is 496 g/mol. The minimum atomic E-state index is -3.73. The van der Waals surface area contributed by atoms with Gasteiger partial charge in [-0.2, -0.15) is 22.3 Å². The molecule has 184 valence electrons. The van der Waals surface area contributed by atoms with Crippen LogP contribution in [-0.4, -0.2) is 72.5 Å². The molecule has 1 N–H and O–H groups in total. The summed E-state index contributed by atoms with van der Waals surface area (Å²) in [5.41, 5.74) is 0.277. The number of amides is 2. The number of nitrogens with zero attached hydrogens (tertiary/aromatic N) is 4. The SMILES string of the molecule is N#CC1CN(S(=O)(=O)N2CCC[C@H](C(=O)N3CCC[C@H]3C(=O)NCc3cc(F)cc(F)c3)C2)C1. The number of rotatable bonds is 6. The summed E-state index contributed by atoms with van der Waals surface area (Å²) in [5.74, 6) is -2.99. The summed E-state index contributed by atoms with van der Waals surface area (Å²) in [6.07, 6.45) is 2.16. The molecule has 3 heterocycles. The van der Waals surface area contributed by atoms with Gasteiger partial charge in [0.15, 0.2) is 0 Å². The predicted octanol–water partition coefficient (Wildman–Crippen LogP) is 0.984. The Labute approximate surface area is 197 Å². The van der Waals surface area contributed by atoms with Crippen LogP contribution in [0.3, 0.4) is 0 Å². The Balaban J connectivity index is 1.36. The highest BCUT2D eigenvalue weighted by Gasteiger charge is 2.44. The van der Waals surface area contributed by atoms with E-state index in [1.54, 1.807) is 0 Å². The highest BCUT2D eigenvalue weighted by atomic mass is 32.2. The Kier molecular flexibility index (Phi) is 7.16. The molecule has 0 bridgehead atoms. The first-order valence-corrected chi connectivity index (χ1v) is 12.8. The van der Waals surface area contributed by atoms with Crippen LogP contribution >= 0.6 is 0 Å². The van der Waals surface area contributed by atoms with Gasteiger partial charge >= 0.3 is 0 Å². The zero-order valence-electron chi connectivity index (χ0n) is 18.6. The zero-order valence-corrected chi connectivity index (χ0v) is 19.4. The molecule has 0 aromatic heterocycles. The minimum absolute atomic E-state index is 0.0439. The average Bonchev–Trinajstić information content (AvgIpc) is 3.25. The molecule has 0 spiro atoms. The van der Waals surface area contributed by atoms with Crippen molar-refractivity contribution in [2.45, 2.75) is 38.3 Å². The van der Waals surface area contributed by atoms with Crippen LogP contribution < -0.4 is 5.32 Å². The number of benzene rings is 1. The van der Waals surface area contributed by atoms with E-state index >= 15 is 0 Å². The van der Waals surface area contributed by atoms with Crippen molar-refractivity contribution >= 4 is 22.0 Å². The van der Waals surface area contributed by atoms with Gasteiger partial charge in [0.2, 0.25) is 11.8 Å². The molecule has 34 heavy (non-hydrogen) atoms. The summed E-state index contributed by atoms with van der Waals surface area (Å²) < 4.78 is 55.1. The number of hydrogen-bond acceptors (Lipinski definition) is 5. The summed E-state index contributed by atoms with van der Waals surface area (Å²) in [6, 6.07) is 4.37. The molecule has 3 aliphatic heterocycles. The topological polar surface area (TPSA) is 114 Å². The molecule has 3 aliphatic rings. The van der Waals surface area contributed by atoms with E-state index in [1.807, 2.05) is 0 Å². The van der Waals surface area contributed by atoms with Gasteiger partial charge in [-0.15, -0.1) is 0 Å². The first-order valence-electron chi connectivity index (χ1n) is 11.4. The predicted molar refractivity (Wildman–Crippen MR) is 117 cm³/mol. The molecule has 0 unspecified atom stereocenters. The van der Waals surface area contributed by atoms with Gasteiger partial charge in [0.05, 0.1) is 17.9 Å². The zero-order chi connectivity index (χ0) is 24.5. The van der Waals surface area contributed by atoms with Crippen molar-refractivity contribution in [2.75, 3.05) is 32.7 Å². The standard InChI is InChI=1S/C22H27F2N5O4S/c23-18-7-15(8-19(24)9-18)11-26-21(30)20-4-2-6-29(20)22(31)17-3-1-5-27(14-17)34(32,33)28-12-16(10-25)13-28/h7-9,16-17,20H,1-6,11-14H2,(H,26,30)/t17-,20-/m0/s1. The highest BCUT2D eigenvalue weighted by Crippen LogP contribution is 2.29. The lowest BCUT2D eigenvalue weighted by atomic mass is 9.97. The lowest BCUT2D eigenvalue weighted by Crippen LogP contribution is -2.57. The maximum Gasteiger partial charge on any atom is 0.282 e. The maximum absolute atomic E-state index is 13.4. The van der Waals surface area contributed by atoms with Crippen molar-refractivity contribution in [3.63, 3.8) is 0 Å². The van der Waals surface area contributed by atoms with E-state index in [1.165, 1.54) is 13.5 Å². The minimum Gasteiger partial charge on any atom is -0.350 e. The van der Waals surface area contributed by atoms with Crippen molar-refractivity contribution in [1.29, 1.82) is 5.26 Å². The third kappa shape index (κ3) is 5.06. The molecule has 4 rings (SSSR count). The van der Waals surface area contributed by atoms with Crippen LogP contribution in [0, 0.1) is 34.8 Å². The van der Waals surface area contributed by atoms with Gasteiger partial charge in [-0.05, 0) is 43.4 Å². The smallest absolute Gasteiger partial charge is 0.282 e. The third-order valence-corrected chi connectivity index (χ3v) is 8.58. The third-order valence-electron chi connectivity index (χ3n) is 6.64. The molecule has 0 saturated carbocycles. The molecular weight excluding hydrogens is 468 g/mol. The number of hydrogen-bond donors (Lipinski definition) is 1. The monoisotopic (exact) mass is 495 g/mol. The Bertz CT molecular complexity index is 1080. The van der Waals surface area contributed by atoms with Gasteiger partial charge in [-0.3, -0.25) is 9.59 Å². The Morgan fingerprint density at radius 3 is 2.38 bits per heavy atom. The molecule has 9 nitrogen and oxygen atoms in total. The summed E-state index contributed by atoms with van der Waals surface area (Å²) in [4.78, 5) is 27.5. The Morgan fingerprint density at radius 1 is 1.03 bits per heavy atom. The molecule has 2 atom stereocenters. The first kappa shape index (κ1) is 24.5. The fourth-order valence-electron chi connectivity index (χ4n) is 4.78. The van der Waals surface area contributed by atoms with E-state index in [0.717, 1.165) is 18.2 Å². The first-order chi connectivity index (χ1) is 16.2. The number of likely N-dealkylation sites (tertiary alicyclic amines) is 1. The van der Waals surface area contributed by atoms with Crippen LogP contribution in [0.2, 0.25) is 0 Å². The molecule has 3 saturated heterocycles. The number of piperidine rings is 1. The van der Waals surface area contributed by atoms with Gasteiger partial charge < -0.3 is 10.2 Å². The van der Waals surface area contributed by atoms with E-state index < -0.39 is 39.7 Å². The largest absolute Gasteiger partial charge is 0.350 e. The molecule has 0 aliphatic carbocycles. The summed E-state index contributed by atoms with van der Waals surface area (Å²) >= 11 is 0. The van der Waals surface area contributed by atoms with Crippen molar-refractivity contribution in [3.05, 3.63) is 35.4 Å². The Morgan fingerprint density at radius 2 is 1.71 bits per heavy atom. The summed E-state index contributed by atoms with van der Waals surface area (Å²) in [6.45, 7) is 1.01. The van der Waals surface area contributed by atoms with Crippen molar-refractivity contribution < 1.29 is 26.8 Å². The molecule has 0 radical (unpaired) electrons. The second kappa shape index (κ2) is 9.93. The fourth-order valence-corrected chi connectivity index (χ4v) is 6.57. The van der Waals surface area contributed by atoms with E-state index in [2.05, 4.69) is 11.4 Å². The normalized spacial score (nSPS) is 24.4. The number of halogens is 2. The number of carbonyl (C=O) groups is 2. The maximum atomic E-state index is 13.4. The van der Waals surface area contributed by atoms with Gasteiger partial charge in [0, 0.05) is 45.3 Å². The van der Waals surface area contributed by atoms with Gasteiger partial charge in [0.25, 0.3) is 10.2 Å². The number of nitriles is 1. The second-order valence-corrected chi connectivity index (χ2v) is 11.0. The summed E-state index contributed by atoms with van der Waals surface area (Å²) in [5, 5.41) is 11.6. The van der Waals surface area contributed by atoms with Gasteiger partial charge in [-0.1, -0.05) is 0 Å². The van der Waals surface area contributed by atoms with Crippen LogP contribution in [0.5, 0.6) is 0 Å². The van der Waals surface area contributed by atoms with Crippen LogP contribution in [0.25, 0.3) is 0 Å². The van der Waals surface area contributed by atoms with Crippen LogP contribution in [0.1, 0.15) is 31.2 Å². The lowest BCUT2D eigenvalue weighted by Gasteiger charge is -2.41. The van der Waals surface area contributed by atoms with Crippen molar-refractivity contribution in [1.82, 2.24) is 18.8 Å².